The molecule has 3 aliphatic heterocycles. The lowest BCUT2D eigenvalue weighted by Crippen LogP contribution is -2.40. The fourth-order valence-corrected chi connectivity index (χ4v) is 4.54. The van der Waals surface area contributed by atoms with Gasteiger partial charge in [0.1, 0.15) is 5.82 Å². The minimum atomic E-state index is -0.348. The van der Waals surface area contributed by atoms with Crippen LogP contribution >= 0.6 is 0 Å². The number of likely N-dealkylation sites (tertiary alicyclic amines) is 1. The summed E-state index contributed by atoms with van der Waals surface area (Å²) in [6, 6.07) is 6.03. The molecule has 2 amide bonds. The lowest BCUT2D eigenvalue weighted by molar-refractivity contribution is -0.131. The van der Waals surface area contributed by atoms with Gasteiger partial charge in [0.2, 0.25) is 11.8 Å². The van der Waals surface area contributed by atoms with E-state index in [1.54, 1.807) is 17.0 Å². The summed E-state index contributed by atoms with van der Waals surface area (Å²) in [7, 11) is 0. The standard InChI is InChI=1S/C21H27FN2O4/c22-16-3-1-2-15(10-16)11-19(25)24-13-17(20-18(24)6-9-28-20)21(26)23-12-14-4-7-27-8-5-14/h1-3,10,14,17-18,20H,4-9,11-13H2,(H,23,26)/t17-,18+,20-/m1/s1. The Bertz CT molecular complexity index is 722. The van der Waals surface area contributed by atoms with Crippen LogP contribution in [0.5, 0.6) is 0 Å². The zero-order valence-corrected chi connectivity index (χ0v) is 15.9. The minimum absolute atomic E-state index is 0.0375. The highest BCUT2D eigenvalue weighted by molar-refractivity contribution is 5.84. The molecule has 7 heteroatoms. The maximum Gasteiger partial charge on any atom is 0.227 e. The molecule has 3 fully saturated rings. The van der Waals surface area contributed by atoms with Gasteiger partial charge in [0.05, 0.1) is 24.5 Å². The smallest absolute Gasteiger partial charge is 0.227 e. The van der Waals surface area contributed by atoms with Crippen LogP contribution in [-0.2, 0) is 25.5 Å². The molecule has 1 aromatic rings. The predicted octanol–water partition coefficient (Wildman–Crippen LogP) is 1.53. The fraction of sp³-hybridized carbons (Fsp3) is 0.619. The molecule has 0 saturated carbocycles. The van der Waals surface area contributed by atoms with Crippen molar-refractivity contribution in [1.82, 2.24) is 10.2 Å². The fourth-order valence-electron chi connectivity index (χ4n) is 4.54. The van der Waals surface area contributed by atoms with Crippen molar-refractivity contribution in [1.29, 1.82) is 0 Å². The zero-order chi connectivity index (χ0) is 19.5. The van der Waals surface area contributed by atoms with Gasteiger partial charge in [-0.25, -0.2) is 4.39 Å². The van der Waals surface area contributed by atoms with E-state index in [0.29, 0.717) is 31.2 Å². The van der Waals surface area contributed by atoms with Gasteiger partial charge < -0.3 is 19.7 Å². The SMILES string of the molecule is O=C(NCC1CCOCC1)[C@@H]1CN(C(=O)Cc2cccc(F)c2)[C@H]2CCO[C@H]12. The highest BCUT2D eigenvalue weighted by Gasteiger charge is 2.50. The molecule has 1 N–H and O–H groups in total. The molecule has 3 heterocycles. The molecule has 3 aliphatic rings. The summed E-state index contributed by atoms with van der Waals surface area (Å²) in [6.07, 6.45) is 2.56. The number of rotatable bonds is 5. The average Bonchev–Trinajstić information content (AvgIpc) is 3.29. The van der Waals surface area contributed by atoms with Crippen molar-refractivity contribution in [2.45, 2.75) is 37.8 Å². The van der Waals surface area contributed by atoms with E-state index in [2.05, 4.69) is 5.32 Å². The molecule has 0 aromatic heterocycles. The number of fused-ring (bicyclic) bond motifs is 1. The Labute approximate surface area is 164 Å². The number of nitrogens with zero attached hydrogens (tertiary/aromatic N) is 1. The van der Waals surface area contributed by atoms with Gasteiger partial charge in [-0.15, -0.1) is 0 Å². The Morgan fingerprint density at radius 2 is 2.00 bits per heavy atom. The monoisotopic (exact) mass is 390 g/mol. The third-order valence-electron chi connectivity index (χ3n) is 6.10. The number of amides is 2. The third kappa shape index (κ3) is 4.20. The van der Waals surface area contributed by atoms with E-state index in [1.165, 1.54) is 12.1 Å². The summed E-state index contributed by atoms with van der Waals surface area (Å²) in [5.74, 6) is -0.358. The number of hydrogen-bond acceptors (Lipinski definition) is 4. The normalized spacial score (nSPS) is 27.6. The maximum atomic E-state index is 13.4. The van der Waals surface area contributed by atoms with Crippen LogP contribution in [0.15, 0.2) is 24.3 Å². The van der Waals surface area contributed by atoms with E-state index in [1.807, 2.05) is 0 Å². The predicted molar refractivity (Wildman–Crippen MR) is 100 cm³/mol. The molecule has 0 spiro atoms. The van der Waals surface area contributed by atoms with E-state index in [-0.39, 0.29) is 42.1 Å². The number of halogens is 1. The van der Waals surface area contributed by atoms with Crippen molar-refractivity contribution in [2.75, 3.05) is 32.9 Å². The summed E-state index contributed by atoms with van der Waals surface area (Å²) in [5.41, 5.74) is 0.646. The van der Waals surface area contributed by atoms with E-state index in [9.17, 15) is 14.0 Å². The van der Waals surface area contributed by atoms with E-state index in [0.717, 1.165) is 32.5 Å². The summed E-state index contributed by atoms with van der Waals surface area (Å²) in [4.78, 5) is 27.4. The Morgan fingerprint density at radius 1 is 1.18 bits per heavy atom. The molecular formula is C21H27FN2O4. The Hall–Kier alpha value is -1.99. The van der Waals surface area contributed by atoms with Gasteiger partial charge in [0, 0.05) is 32.9 Å². The Morgan fingerprint density at radius 3 is 2.79 bits per heavy atom. The number of nitrogens with one attached hydrogen (secondary N) is 1. The van der Waals surface area contributed by atoms with Crippen LogP contribution in [0.2, 0.25) is 0 Å². The summed E-state index contributed by atoms with van der Waals surface area (Å²) in [5, 5.41) is 3.06. The van der Waals surface area contributed by atoms with Crippen LogP contribution in [0.25, 0.3) is 0 Å². The molecule has 3 saturated heterocycles. The van der Waals surface area contributed by atoms with Crippen molar-refractivity contribution in [3.05, 3.63) is 35.6 Å². The first-order chi connectivity index (χ1) is 13.6. The topological polar surface area (TPSA) is 67.9 Å². The molecule has 28 heavy (non-hydrogen) atoms. The summed E-state index contributed by atoms with van der Waals surface area (Å²) in [6.45, 7) is 3.07. The van der Waals surface area contributed by atoms with Crippen molar-refractivity contribution in [3.63, 3.8) is 0 Å². The molecule has 0 unspecified atom stereocenters. The number of ether oxygens (including phenoxy) is 2. The molecule has 0 bridgehead atoms. The maximum absolute atomic E-state index is 13.4. The summed E-state index contributed by atoms with van der Waals surface area (Å²) < 4.78 is 24.6. The number of carbonyl (C=O) groups is 2. The highest BCUT2D eigenvalue weighted by atomic mass is 19.1. The molecule has 152 valence electrons. The van der Waals surface area contributed by atoms with Gasteiger partial charge in [0.15, 0.2) is 0 Å². The van der Waals surface area contributed by atoms with Gasteiger partial charge >= 0.3 is 0 Å². The van der Waals surface area contributed by atoms with Crippen LogP contribution in [0.4, 0.5) is 4.39 Å². The minimum Gasteiger partial charge on any atom is -0.381 e. The highest BCUT2D eigenvalue weighted by Crippen LogP contribution is 2.34. The number of hydrogen-bond donors (Lipinski definition) is 1. The van der Waals surface area contributed by atoms with Gasteiger partial charge in [0.25, 0.3) is 0 Å². The molecule has 3 atom stereocenters. The second-order valence-corrected chi connectivity index (χ2v) is 7.95. The Kier molecular flexibility index (Phi) is 5.92. The number of carbonyl (C=O) groups excluding carboxylic acids is 2. The molecule has 4 rings (SSSR count). The number of benzene rings is 1. The van der Waals surface area contributed by atoms with Crippen molar-refractivity contribution in [2.24, 2.45) is 11.8 Å². The Balaban J connectivity index is 1.37. The summed E-state index contributed by atoms with van der Waals surface area (Å²) >= 11 is 0. The van der Waals surface area contributed by atoms with Crippen molar-refractivity contribution < 1.29 is 23.5 Å². The molecule has 1 aromatic carbocycles. The second kappa shape index (κ2) is 8.57. The first kappa shape index (κ1) is 19.3. The largest absolute Gasteiger partial charge is 0.381 e. The lowest BCUT2D eigenvalue weighted by Gasteiger charge is -2.23. The van der Waals surface area contributed by atoms with Crippen LogP contribution in [0, 0.1) is 17.7 Å². The van der Waals surface area contributed by atoms with Gasteiger partial charge in [-0.05, 0) is 42.9 Å². The average molecular weight is 390 g/mol. The first-order valence-electron chi connectivity index (χ1n) is 10.1. The molecule has 0 aliphatic carbocycles. The van der Waals surface area contributed by atoms with Crippen LogP contribution in [0.3, 0.4) is 0 Å². The zero-order valence-electron chi connectivity index (χ0n) is 15.9. The third-order valence-corrected chi connectivity index (χ3v) is 6.10. The molecule has 0 radical (unpaired) electrons. The van der Waals surface area contributed by atoms with Crippen LogP contribution in [0.1, 0.15) is 24.8 Å². The van der Waals surface area contributed by atoms with Crippen LogP contribution < -0.4 is 5.32 Å². The van der Waals surface area contributed by atoms with Crippen molar-refractivity contribution >= 4 is 11.8 Å². The molecule has 6 nitrogen and oxygen atoms in total. The van der Waals surface area contributed by atoms with E-state index >= 15 is 0 Å². The van der Waals surface area contributed by atoms with E-state index < -0.39 is 0 Å². The quantitative estimate of drug-likeness (QED) is 0.828. The van der Waals surface area contributed by atoms with E-state index in [4.69, 9.17) is 9.47 Å². The van der Waals surface area contributed by atoms with Gasteiger partial charge in [-0.1, -0.05) is 12.1 Å². The lowest BCUT2D eigenvalue weighted by atomic mass is 9.98. The van der Waals surface area contributed by atoms with Gasteiger partial charge in [-0.2, -0.15) is 0 Å². The second-order valence-electron chi connectivity index (χ2n) is 7.95. The molecular weight excluding hydrogens is 363 g/mol. The van der Waals surface area contributed by atoms with Crippen LogP contribution in [-0.4, -0.2) is 61.8 Å². The van der Waals surface area contributed by atoms with Crippen molar-refractivity contribution in [3.8, 4) is 0 Å². The van der Waals surface area contributed by atoms with Gasteiger partial charge in [-0.3, -0.25) is 9.59 Å². The first-order valence-corrected chi connectivity index (χ1v) is 10.1.